The molecule has 0 amide bonds. The van der Waals surface area contributed by atoms with Crippen molar-refractivity contribution in [3.05, 3.63) is 70.2 Å². The van der Waals surface area contributed by atoms with E-state index >= 15 is 0 Å². The van der Waals surface area contributed by atoms with Crippen LogP contribution in [0, 0.1) is 11.6 Å². The van der Waals surface area contributed by atoms with Crippen LogP contribution in [0.3, 0.4) is 0 Å². The summed E-state index contributed by atoms with van der Waals surface area (Å²) >= 11 is 0. The SMILES string of the molecule is NC(Cn1c(=O)oc2ccccc21)c1cc(F)ccc1F. The molecule has 6 heteroatoms. The smallest absolute Gasteiger partial charge is 0.408 e. The van der Waals surface area contributed by atoms with Gasteiger partial charge in [-0.25, -0.2) is 13.6 Å². The molecule has 3 rings (SSSR count). The highest BCUT2D eigenvalue weighted by molar-refractivity contribution is 5.72. The van der Waals surface area contributed by atoms with E-state index < -0.39 is 23.4 Å². The average Bonchev–Trinajstić information content (AvgIpc) is 2.78. The fourth-order valence-electron chi connectivity index (χ4n) is 2.28. The highest BCUT2D eigenvalue weighted by Crippen LogP contribution is 2.20. The minimum Gasteiger partial charge on any atom is -0.408 e. The molecule has 0 aliphatic carbocycles. The van der Waals surface area contributed by atoms with Gasteiger partial charge < -0.3 is 10.2 Å². The Balaban J connectivity index is 2.00. The molecule has 2 aromatic carbocycles. The minimum absolute atomic E-state index is 0.00375. The summed E-state index contributed by atoms with van der Waals surface area (Å²) in [5, 5.41) is 0. The van der Waals surface area contributed by atoms with Gasteiger partial charge in [0.25, 0.3) is 0 Å². The zero-order valence-electron chi connectivity index (χ0n) is 10.9. The van der Waals surface area contributed by atoms with E-state index in [4.69, 9.17) is 10.2 Å². The normalized spacial score (nSPS) is 12.7. The predicted octanol–water partition coefficient (Wildman–Crippen LogP) is 2.57. The number of hydrogen-bond donors (Lipinski definition) is 1. The summed E-state index contributed by atoms with van der Waals surface area (Å²) in [7, 11) is 0. The molecule has 108 valence electrons. The number of para-hydroxylation sites is 2. The molecule has 1 atom stereocenters. The van der Waals surface area contributed by atoms with Gasteiger partial charge in [-0.2, -0.15) is 0 Å². The van der Waals surface area contributed by atoms with Crippen LogP contribution in [0.4, 0.5) is 8.78 Å². The molecule has 0 fully saturated rings. The third kappa shape index (κ3) is 2.45. The Hall–Kier alpha value is -2.47. The maximum atomic E-state index is 13.7. The third-order valence-electron chi connectivity index (χ3n) is 3.31. The van der Waals surface area contributed by atoms with Crippen molar-refractivity contribution in [3.63, 3.8) is 0 Å². The standard InChI is InChI=1S/C15H12F2N2O2/c16-9-5-6-11(17)10(7-9)12(18)8-19-13-3-1-2-4-14(13)21-15(19)20/h1-7,12H,8,18H2. The van der Waals surface area contributed by atoms with E-state index in [1.165, 1.54) is 4.57 Å². The lowest BCUT2D eigenvalue weighted by Crippen LogP contribution is -2.24. The average molecular weight is 290 g/mol. The van der Waals surface area contributed by atoms with Gasteiger partial charge in [0.2, 0.25) is 0 Å². The number of nitrogens with two attached hydrogens (primary N) is 1. The van der Waals surface area contributed by atoms with E-state index in [0.717, 1.165) is 18.2 Å². The fourth-order valence-corrected chi connectivity index (χ4v) is 2.28. The minimum atomic E-state index is -0.862. The van der Waals surface area contributed by atoms with Gasteiger partial charge in [-0.15, -0.1) is 0 Å². The lowest BCUT2D eigenvalue weighted by Gasteiger charge is -2.13. The summed E-state index contributed by atoms with van der Waals surface area (Å²) in [4.78, 5) is 11.8. The van der Waals surface area contributed by atoms with Crippen LogP contribution in [0.15, 0.2) is 51.7 Å². The van der Waals surface area contributed by atoms with Crippen LogP contribution in [0.25, 0.3) is 11.1 Å². The quantitative estimate of drug-likeness (QED) is 0.806. The number of oxazole rings is 1. The van der Waals surface area contributed by atoms with Gasteiger partial charge in [-0.1, -0.05) is 12.1 Å². The molecule has 0 saturated carbocycles. The van der Waals surface area contributed by atoms with Crippen molar-refractivity contribution >= 4 is 11.1 Å². The number of benzene rings is 2. The van der Waals surface area contributed by atoms with Crippen LogP contribution in [0.5, 0.6) is 0 Å². The first kappa shape index (κ1) is 13.5. The van der Waals surface area contributed by atoms with Crippen molar-refractivity contribution < 1.29 is 13.2 Å². The highest BCUT2D eigenvalue weighted by Gasteiger charge is 2.17. The molecule has 1 heterocycles. The fraction of sp³-hybridized carbons (Fsp3) is 0.133. The molecule has 1 unspecified atom stereocenters. The Morgan fingerprint density at radius 1 is 1.19 bits per heavy atom. The molecular weight excluding hydrogens is 278 g/mol. The largest absolute Gasteiger partial charge is 0.420 e. The van der Waals surface area contributed by atoms with Gasteiger partial charge in [0.15, 0.2) is 5.58 Å². The molecule has 1 aromatic heterocycles. The number of nitrogens with zero attached hydrogens (tertiary/aromatic N) is 1. The first-order valence-corrected chi connectivity index (χ1v) is 6.35. The van der Waals surface area contributed by atoms with E-state index in [1.54, 1.807) is 24.3 Å². The van der Waals surface area contributed by atoms with E-state index in [2.05, 4.69) is 0 Å². The molecule has 0 saturated heterocycles. The van der Waals surface area contributed by atoms with E-state index in [9.17, 15) is 13.6 Å². The lowest BCUT2D eigenvalue weighted by atomic mass is 10.1. The van der Waals surface area contributed by atoms with Crippen molar-refractivity contribution in [1.29, 1.82) is 0 Å². The lowest BCUT2D eigenvalue weighted by molar-refractivity contribution is 0.469. The summed E-state index contributed by atoms with van der Waals surface area (Å²) in [6, 6.07) is 9.05. The topological polar surface area (TPSA) is 61.2 Å². The van der Waals surface area contributed by atoms with Crippen molar-refractivity contribution in [1.82, 2.24) is 4.57 Å². The Bertz CT molecular complexity index is 854. The Morgan fingerprint density at radius 3 is 2.76 bits per heavy atom. The molecule has 0 aliphatic rings. The molecule has 4 nitrogen and oxygen atoms in total. The van der Waals surface area contributed by atoms with Crippen molar-refractivity contribution in [3.8, 4) is 0 Å². The summed E-state index contributed by atoms with van der Waals surface area (Å²) in [6.07, 6.45) is 0. The second-order valence-corrected chi connectivity index (χ2v) is 4.72. The number of aromatic nitrogens is 1. The summed E-state index contributed by atoms with van der Waals surface area (Å²) in [5.74, 6) is -1.76. The van der Waals surface area contributed by atoms with Crippen molar-refractivity contribution in [2.45, 2.75) is 12.6 Å². The molecule has 0 radical (unpaired) electrons. The maximum Gasteiger partial charge on any atom is 0.420 e. The zero-order chi connectivity index (χ0) is 15.0. The van der Waals surface area contributed by atoms with Gasteiger partial charge in [0.05, 0.1) is 11.6 Å². The van der Waals surface area contributed by atoms with Crippen molar-refractivity contribution in [2.75, 3.05) is 0 Å². The van der Waals surface area contributed by atoms with Crippen molar-refractivity contribution in [2.24, 2.45) is 5.73 Å². The van der Waals surface area contributed by atoms with Gasteiger partial charge in [-0.3, -0.25) is 4.57 Å². The summed E-state index contributed by atoms with van der Waals surface area (Å²) in [6.45, 7) is -0.00375. The van der Waals surface area contributed by atoms with Crippen LogP contribution >= 0.6 is 0 Å². The molecular formula is C15H12F2N2O2. The number of fused-ring (bicyclic) bond motifs is 1. The van der Waals surface area contributed by atoms with E-state index in [1.807, 2.05) is 0 Å². The first-order valence-electron chi connectivity index (χ1n) is 6.35. The summed E-state index contributed by atoms with van der Waals surface area (Å²) < 4.78 is 33.3. The number of rotatable bonds is 3. The van der Waals surface area contributed by atoms with Gasteiger partial charge in [0.1, 0.15) is 11.6 Å². The second kappa shape index (κ2) is 5.14. The molecule has 0 spiro atoms. The Kier molecular flexibility index (Phi) is 3.31. The molecule has 3 aromatic rings. The molecule has 21 heavy (non-hydrogen) atoms. The van der Waals surface area contributed by atoms with Crippen LogP contribution in [0.1, 0.15) is 11.6 Å². The van der Waals surface area contributed by atoms with Gasteiger partial charge in [-0.05, 0) is 30.3 Å². The van der Waals surface area contributed by atoms with E-state index in [0.29, 0.717) is 11.1 Å². The molecule has 0 bridgehead atoms. The maximum absolute atomic E-state index is 13.7. The van der Waals surface area contributed by atoms with Crippen LogP contribution in [-0.4, -0.2) is 4.57 Å². The van der Waals surface area contributed by atoms with E-state index in [-0.39, 0.29) is 12.1 Å². The monoisotopic (exact) mass is 290 g/mol. The Morgan fingerprint density at radius 2 is 1.95 bits per heavy atom. The van der Waals surface area contributed by atoms with Crippen LogP contribution < -0.4 is 11.5 Å². The van der Waals surface area contributed by atoms with Gasteiger partial charge in [0, 0.05) is 12.1 Å². The number of halogens is 2. The number of hydrogen-bond acceptors (Lipinski definition) is 3. The zero-order valence-corrected chi connectivity index (χ0v) is 10.9. The second-order valence-electron chi connectivity index (χ2n) is 4.72. The van der Waals surface area contributed by atoms with Crippen LogP contribution in [-0.2, 0) is 6.54 Å². The molecule has 2 N–H and O–H groups in total. The highest BCUT2D eigenvalue weighted by atomic mass is 19.1. The Labute approximate surface area is 118 Å². The van der Waals surface area contributed by atoms with Gasteiger partial charge >= 0.3 is 5.76 Å². The van der Waals surface area contributed by atoms with Crippen LogP contribution in [0.2, 0.25) is 0 Å². The first-order chi connectivity index (χ1) is 10.1. The predicted molar refractivity (Wildman–Crippen MR) is 73.8 cm³/mol. The third-order valence-corrected chi connectivity index (χ3v) is 3.31. The molecule has 0 aliphatic heterocycles. The summed E-state index contributed by atoms with van der Waals surface area (Å²) in [5.41, 5.74) is 6.92.